The van der Waals surface area contributed by atoms with Crippen LogP contribution in [-0.4, -0.2) is 17.2 Å². The number of nitrogens with one attached hydrogen (secondary N) is 2. The standard InChI is InChI=1S/C17H15N3O4S2/c1-10-6-25-8-13(10)19-16(21)23-12-3-4-15(18-5-12)24-17(22)20-14-9-26-7-11(14)2/h3-9H,1-2H3,(H,19,21)(H,20,22). The highest BCUT2D eigenvalue weighted by atomic mass is 32.1. The summed E-state index contributed by atoms with van der Waals surface area (Å²) >= 11 is 2.97. The van der Waals surface area contributed by atoms with Crippen LogP contribution in [0.2, 0.25) is 0 Å². The highest BCUT2D eigenvalue weighted by Crippen LogP contribution is 2.21. The fraction of sp³-hybridized carbons (Fsp3) is 0.118. The van der Waals surface area contributed by atoms with Gasteiger partial charge in [0.05, 0.1) is 17.6 Å². The van der Waals surface area contributed by atoms with Crippen LogP contribution < -0.4 is 20.1 Å². The molecule has 134 valence electrons. The van der Waals surface area contributed by atoms with Crippen LogP contribution in [0, 0.1) is 13.8 Å². The van der Waals surface area contributed by atoms with Gasteiger partial charge in [-0.05, 0) is 41.8 Å². The molecule has 0 aromatic carbocycles. The first kappa shape index (κ1) is 17.9. The summed E-state index contributed by atoms with van der Waals surface area (Å²) in [6, 6.07) is 2.93. The summed E-state index contributed by atoms with van der Waals surface area (Å²) in [5.41, 5.74) is 3.31. The maximum atomic E-state index is 11.9. The summed E-state index contributed by atoms with van der Waals surface area (Å²) in [6.07, 6.45) is 0.0457. The van der Waals surface area contributed by atoms with Gasteiger partial charge in [0.15, 0.2) is 5.75 Å². The number of rotatable bonds is 4. The number of anilines is 2. The molecule has 0 radical (unpaired) electrons. The highest BCUT2D eigenvalue weighted by molar-refractivity contribution is 7.08. The second kappa shape index (κ2) is 7.98. The molecule has 0 bridgehead atoms. The molecule has 0 aliphatic heterocycles. The number of hydrogen-bond acceptors (Lipinski definition) is 7. The Morgan fingerprint density at radius 2 is 1.46 bits per heavy atom. The van der Waals surface area contributed by atoms with Crippen LogP contribution in [0.4, 0.5) is 21.0 Å². The zero-order chi connectivity index (χ0) is 18.5. The molecular weight excluding hydrogens is 374 g/mol. The minimum atomic E-state index is -0.640. The van der Waals surface area contributed by atoms with Crippen LogP contribution in [0.15, 0.2) is 39.8 Å². The van der Waals surface area contributed by atoms with Gasteiger partial charge in [-0.3, -0.25) is 10.6 Å². The Bertz CT molecular complexity index is 843. The molecule has 9 heteroatoms. The summed E-state index contributed by atoms with van der Waals surface area (Å²) in [4.78, 5) is 27.6. The van der Waals surface area contributed by atoms with E-state index in [0.29, 0.717) is 11.4 Å². The van der Waals surface area contributed by atoms with E-state index in [0.717, 1.165) is 11.1 Å². The monoisotopic (exact) mass is 389 g/mol. The van der Waals surface area contributed by atoms with Gasteiger partial charge in [-0.25, -0.2) is 14.6 Å². The first-order valence-corrected chi connectivity index (χ1v) is 9.39. The van der Waals surface area contributed by atoms with Crippen LogP contribution in [0.5, 0.6) is 11.6 Å². The van der Waals surface area contributed by atoms with Crippen molar-refractivity contribution in [3.8, 4) is 11.6 Å². The molecule has 3 rings (SSSR count). The minimum absolute atomic E-state index is 0.0943. The number of nitrogens with zero attached hydrogens (tertiary/aromatic N) is 1. The van der Waals surface area contributed by atoms with Crippen molar-refractivity contribution in [2.75, 3.05) is 10.6 Å². The Hall–Kier alpha value is -2.91. The van der Waals surface area contributed by atoms with Gasteiger partial charge in [-0.15, -0.1) is 22.7 Å². The average Bonchev–Trinajstić information content (AvgIpc) is 3.18. The molecule has 0 spiro atoms. The van der Waals surface area contributed by atoms with Gasteiger partial charge in [0.25, 0.3) is 0 Å². The first-order valence-electron chi connectivity index (χ1n) is 7.50. The van der Waals surface area contributed by atoms with Gasteiger partial charge in [0.2, 0.25) is 5.88 Å². The smallest absolute Gasteiger partial charge is 0.408 e. The second-order valence-electron chi connectivity index (χ2n) is 5.30. The van der Waals surface area contributed by atoms with Crippen molar-refractivity contribution < 1.29 is 19.1 Å². The molecule has 3 heterocycles. The van der Waals surface area contributed by atoms with Crippen molar-refractivity contribution in [3.63, 3.8) is 0 Å². The number of carbonyl (C=O) groups excluding carboxylic acids is 2. The molecule has 2 amide bonds. The zero-order valence-corrected chi connectivity index (χ0v) is 15.6. The maximum Gasteiger partial charge on any atom is 0.418 e. The predicted molar refractivity (Wildman–Crippen MR) is 102 cm³/mol. The molecule has 0 unspecified atom stereocenters. The van der Waals surface area contributed by atoms with Crippen molar-refractivity contribution in [2.24, 2.45) is 0 Å². The summed E-state index contributed by atoms with van der Waals surface area (Å²) in [7, 11) is 0. The number of thiophene rings is 2. The SMILES string of the molecule is Cc1cscc1NC(=O)Oc1ccc(OC(=O)Nc2cscc2C)nc1. The predicted octanol–water partition coefficient (Wildman–Crippen LogP) is 5.04. The van der Waals surface area contributed by atoms with E-state index in [1.54, 1.807) is 0 Å². The van der Waals surface area contributed by atoms with Crippen molar-refractivity contribution in [3.05, 3.63) is 51.0 Å². The van der Waals surface area contributed by atoms with Gasteiger partial charge in [-0.2, -0.15) is 0 Å². The van der Waals surface area contributed by atoms with Crippen LogP contribution >= 0.6 is 22.7 Å². The molecule has 3 aromatic heterocycles. The molecule has 0 saturated heterocycles. The van der Waals surface area contributed by atoms with E-state index in [4.69, 9.17) is 9.47 Å². The van der Waals surface area contributed by atoms with Crippen molar-refractivity contribution >= 4 is 46.2 Å². The van der Waals surface area contributed by atoms with Crippen LogP contribution in [0.25, 0.3) is 0 Å². The molecule has 0 fully saturated rings. The molecule has 3 aromatic rings. The van der Waals surface area contributed by atoms with Crippen molar-refractivity contribution in [1.29, 1.82) is 0 Å². The molecule has 0 aliphatic rings. The Morgan fingerprint density at radius 1 is 0.885 bits per heavy atom. The fourth-order valence-electron chi connectivity index (χ4n) is 1.94. The minimum Gasteiger partial charge on any atom is -0.408 e. The van der Waals surface area contributed by atoms with E-state index < -0.39 is 12.2 Å². The number of hydrogen-bond donors (Lipinski definition) is 2. The van der Waals surface area contributed by atoms with Gasteiger partial charge >= 0.3 is 12.2 Å². The lowest BCUT2D eigenvalue weighted by Crippen LogP contribution is -2.18. The number of pyridine rings is 1. The first-order chi connectivity index (χ1) is 12.5. The molecular formula is C17H15N3O4S2. The number of ether oxygens (including phenoxy) is 2. The lowest BCUT2D eigenvalue weighted by atomic mass is 10.3. The molecule has 0 atom stereocenters. The Labute approximate surface area is 157 Å². The van der Waals surface area contributed by atoms with E-state index in [2.05, 4.69) is 15.6 Å². The van der Waals surface area contributed by atoms with Crippen LogP contribution in [0.3, 0.4) is 0 Å². The largest absolute Gasteiger partial charge is 0.418 e. The van der Waals surface area contributed by atoms with E-state index in [-0.39, 0.29) is 11.6 Å². The second-order valence-corrected chi connectivity index (χ2v) is 6.79. The zero-order valence-electron chi connectivity index (χ0n) is 13.9. The third-order valence-electron chi connectivity index (χ3n) is 3.30. The van der Waals surface area contributed by atoms with Gasteiger partial charge < -0.3 is 9.47 Å². The van der Waals surface area contributed by atoms with Gasteiger partial charge in [0.1, 0.15) is 0 Å². The summed E-state index contributed by atoms with van der Waals surface area (Å²) in [6.45, 7) is 3.78. The molecule has 0 saturated carbocycles. The molecule has 7 nitrogen and oxygen atoms in total. The Kier molecular flexibility index (Phi) is 5.49. The van der Waals surface area contributed by atoms with E-state index >= 15 is 0 Å². The Morgan fingerprint density at radius 3 is 1.92 bits per heavy atom. The van der Waals surface area contributed by atoms with E-state index in [9.17, 15) is 9.59 Å². The topological polar surface area (TPSA) is 89.5 Å². The van der Waals surface area contributed by atoms with Gasteiger partial charge in [-0.1, -0.05) is 0 Å². The summed E-state index contributed by atoms with van der Waals surface area (Å²) in [5.74, 6) is 0.327. The summed E-state index contributed by atoms with van der Waals surface area (Å²) < 4.78 is 10.2. The highest BCUT2D eigenvalue weighted by Gasteiger charge is 2.11. The number of carbonyl (C=O) groups is 2. The normalized spacial score (nSPS) is 10.2. The number of aryl methyl sites for hydroxylation is 2. The number of amides is 2. The van der Waals surface area contributed by atoms with Crippen LogP contribution in [0.1, 0.15) is 11.1 Å². The fourth-order valence-corrected chi connectivity index (χ4v) is 3.50. The third-order valence-corrected chi connectivity index (χ3v) is 5.02. The lowest BCUT2D eigenvalue weighted by molar-refractivity contribution is 0.211. The maximum absolute atomic E-state index is 11.9. The van der Waals surface area contributed by atoms with E-state index in [1.165, 1.54) is 41.0 Å². The number of aromatic nitrogens is 1. The molecule has 26 heavy (non-hydrogen) atoms. The van der Waals surface area contributed by atoms with E-state index in [1.807, 2.05) is 35.4 Å². The van der Waals surface area contributed by atoms with Crippen LogP contribution in [-0.2, 0) is 0 Å². The van der Waals surface area contributed by atoms with Crippen molar-refractivity contribution in [2.45, 2.75) is 13.8 Å². The quantitative estimate of drug-likeness (QED) is 0.652. The lowest BCUT2D eigenvalue weighted by Gasteiger charge is -2.07. The average molecular weight is 389 g/mol. The van der Waals surface area contributed by atoms with Crippen molar-refractivity contribution in [1.82, 2.24) is 4.98 Å². The Balaban J connectivity index is 1.53. The molecule has 2 N–H and O–H groups in total. The summed E-state index contributed by atoms with van der Waals surface area (Å²) in [5, 5.41) is 12.7. The van der Waals surface area contributed by atoms with Gasteiger partial charge in [0, 0.05) is 16.8 Å². The third kappa shape index (κ3) is 4.58. The molecule has 0 aliphatic carbocycles.